The molecule has 22 heavy (non-hydrogen) atoms. The summed E-state index contributed by atoms with van der Waals surface area (Å²) in [6.07, 6.45) is 2.59. The Bertz CT molecular complexity index is 596. The van der Waals surface area contributed by atoms with Crippen LogP contribution in [-0.2, 0) is 0 Å². The summed E-state index contributed by atoms with van der Waals surface area (Å²) in [6.45, 7) is 19.3. The third-order valence-corrected chi connectivity index (χ3v) is 13.5. The first-order chi connectivity index (χ1) is 10.2. The highest BCUT2D eigenvalue weighted by atomic mass is 28.3. The lowest BCUT2D eigenvalue weighted by Crippen LogP contribution is -2.60. The molecule has 0 radical (unpaired) electrons. The van der Waals surface area contributed by atoms with E-state index in [9.17, 15) is 0 Å². The standard InChI is InChI=1S/C21H32Si/c1-15(2)22(16(3)4,20-12-10-9-11-13-20)21(8)14-17(5)18(6)19(21)7/h9-16H,1-8H3. The van der Waals surface area contributed by atoms with E-state index in [0.717, 1.165) is 0 Å². The van der Waals surface area contributed by atoms with Crippen LogP contribution in [-0.4, -0.2) is 8.07 Å². The van der Waals surface area contributed by atoms with Crippen LogP contribution in [0, 0.1) is 0 Å². The number of hydrogen-bond acceptors (Lipinski definition) is 0. The van der Waals surface area contributed by atoms with Gasteiger partial charge in [-0.25, -0.2) is 0 Å². The molecule has 1 atom stereocenters. The van der Waals surface area contributed by atoms with Crippen molar-refractivity contribution in [2.75, 3.05) is 0 Å². The molecule has 0 aliphatic heterocycles. The number of rotatable bonds is 4. The molecule has 1 heteroatoms. The van der Waals surface area contributed by atoms with E-state index in [1.807, 2.05) is 0 Å². The molecule has 1 unspecified atom stereocenters. The molecular formula is C21H32Si. The fraction of sp³-hybridized carbons (Fsp3) is 0.524. The second kappa shape index (κ2) is 5.85. The van der Waals surface area contributed by atoms with E-state index < -0.39 is 8.07 Å². The largest absolute Gasteiger partial charge is 0.106 e. The van der Waals surface area contributed by atoms with Crippen molar-refractivity contribution in [2.24, 2.45) is 0 Å². The Kier molecular flexibility index (Phi) is 4.59. The minimum absolute atomic E-state index is 0.213. The van der Waals surface area contributed by atoms with E-state index in [1.165, 1.54) is 11.1 Å². The molecule has 1 aliphatic rings. The lowest BCUT2D eigenvalue weighted by Gasteiger charge is -2.52. The zero-order chi connectivity index (χ0) is 16.7. The van der Waals surface area contributed by atoms with Crippen molar-refractivity contribution in [3.63, 3.8) is 0 Å². The van der Waals surface area contributed by atoms with Gasteiger partial charge in [-0.1, -0.05) is 87.4 Å². The normalized spacial score (nSPS) is 22.7. The molecule has 0 saturated carbocycles. The predicted molar refractivity (Wildman–Crippen MR) is 103 cm³/mol. The molecule has 1 aliphatic carbocycles. The SMILES string of the molecule is CC1=CC(C)([Si](c2ccccc2)(C(C)C)C(C)C)C(C)=C1C. The zero-order valence-electron chi connectivity index (χ0n) is 15.6. The molecule has 0 fully saturated rings. The van der Waals surface area contributed by atoms with Crippen molar-refractivity contribution < 1.29 is 0 Å². The quantitative estimate of drug-likeness (QED) is 0.579. The van der Waals surface area contributed by atoms with Crippen molar-refractivity contribution in [1.82, 2.24) is 0 Å². The molecule has 1 aromatic rings. The van der Waals surface area contributed by atoms with Crippen LogP contribution >= 0.6 is 0 Å². The summed E-state index contributed by atoms with van der Waals surface area (Å²) in [5.41, 5.74) is 5.99. The smallest absolute Gasteiger partial charge is 0.0737 e. The molecule has 0 spiro atoms. The van der Waals surface area contributed by atoms with Crippen molar-refractivity contribution >= 4 is 13.3 Å². The summed E-state index contributed by atoms with van der Waals surface area (Å²) in [4.78, 5) is 0. The van der Waals surface area contributed by atoms with Gasteiger partial charge >= 0.3 is 0 Å². The monoisotopic (exact) mass is 312 g/mol. The number of benzene rings is 1. The number of allylic oxidation sites excluding steroid dienone is 4. The van der Waals surface area contributed by atoms with Crippen LogP contribution in [0.15, 0.2) is 53.1 Å². The Hall–Kier alpha value is -1.08. The third-order valence-electron chi connectivity index (χ3n) is 6.37. The lowest BCUT2D eigenvalue weighted by atomic mass is 10.0. The fourth-order valence-corrected chi connectivity index (χ4v) is 13.0. The second-order valence-electron chi connectivity index (χ2n) is 7.82. The van der Waals surface area contributed by atoms with Crippen LogP contribution in [0.1, 0.15) is 55.4 Å². The van der Waals surface area contributed by atoms with Crippen molar-refractivity contribution in [1.29, 1.82) is 0 Å². The maximum absolute atomic E-state index is 2.59. The molecule has 0 heterocycles. The molecular weight excluding hydrogens is 280 g/mol. The van der Waals surface area contributed by atoms with E-state index in [-0.39, 0.29) is 5.04 Å². The highest BCUT2D eigenvalue weighted by Crippen LogP contribution is 2.59. The van der Waals surface area contributed by atoms with Crippen LogP contribution in [0.25, 0.3) is 0 Å². The highest BCUT2D eigenvalue weighted by Gasteiger charge is 2.56. The topological polar surface area (TPSA) is 0 Å². The minimum atomic E-state index is -1.80. The van der Waals surface area contributed by atoms with Gasteiger partial charge in [-0.05, 0) is 37.4 Å². The molecule has 0 N–H and O–H groups in total. The molecule has 0 amide bonds. The van der Waals surface area contributed by atoms with Gasteiger partial charge < -0.3 is 0 Å². The average molecular weight is 313 g/mol. The Labute approximate surface area is 138 Å². The Morgan fingerprint density at radius 1 is 0.864 bits per heavy atom. The summed E-state index contributed by atoms with van der Waals surface area (Å²) in [5.74, 6) is 0. The van der Waals surface area contributed by atoms with Gasteiger partial charge in [0.1, 0.15) is 8.07 Å². The molecule has 0 aromatic heterocycles. The van der Waals surface area contributed by atoms with E-state index in [2.05, 4.69) is 91.8 Å². The maximum Gasteiger partial charge on any atom is 0.106 e. The molecule has 1 aromatic carbocycles. The molecule has 0 nitrogen and oxygen atoms in total. The van der Waals surface area contributed by atoms with Gasteiger partial charge in [-0.2, -0.15) is 0 Å². The first kappa shape index (κ1) is 17.3. The van der Waals surface area contributed by atoms with Gasteiger partial charge in [0.25, 0.3) is 0 Å². The van der Waals surface area contributed by atoms with Crippen molar-refractivity contribution in [3.8, 4) is 0 Å². The molecule has 2 rings (SSSR count). The molecule has 0 bridgehead atoms. The van der Waals surface area contributed by atoms with E-state index in [1.54, 1.807) is 10.8 Å². The summed E-state index contributed by atoms with van der Waals surface area (Å²) in [6, 6.07) is 11.4. The Balaban J connectivity index is 2.82. The van der Waals surface area contributed by atoms with Gasteiger partial charge in [-0.3, -0.25) is 0 Å². The number of hydrogen-bond donors (Lipinski definition) is 0. The van der Waals surface area contributed by atoms with Gasteiger partial charge in [-0.15, -0.1) is 0 Å². The van der Waals surface area contributed by atoms with Gasteiger partial charge in [0.05, 0.1) is 0 Å². The summed E-state index contributed by atoms with van der Waals surface area (Å²) in [7, 11) is -1.80. The van der Waals surface area contributed by atoms with E-state index in [0.29, 0.717) is 11.1 Å². The van der Waals surface area contributed by atoms with E-state index in [4.69, 9.17) is 0 Å². The van der Waals surface area contributed by atoms with Gasteiger partial charge in [0.2, 0.25) is 0 Å². The first-order valence-electron chi connectivity index (χ1n) is 8.62. The van der Waals surface area contributed by atoms with Crippen LogP contribution in [0.3, 0.4) is 0 Å². The van der Waals surface area contributed by atoms with E-state index >= 15 is 0 Å². The summed E-state index contributed by atoms with van der Waals surface area (Å²) >= 11 is 0. The Morgan fingerprint density at radius 2 is 1.36 bits per heavy atom. The van der Waals surface area contributed by atoms with Gasteiger partial charge in [0, 0.05) is 5.04 Å². The van der Waals surface area contributed by atoms with Crippen LogP contribution in [0.5, 0.6) is 0 Å². The third kappa shape index (κ3) is 2.17. The van der Waals surface area contributed by atoms with Crippen LogP contribution in [0.2, 0.25) is 16.1 Å². The van der Waals surface area contributed by atoms with Crippen LogP contribution in [0.4, 0.5) is 0 Å². The second-order valence-corrected chi connectivity index (χ2v) is 13.5. The average Bonchev–Trinajstić information content (AvgIpc) is 2.64. The Morgan fingerprint density at radius 3 is 1.73 bits per heavy atom. The minimum Gasteiger partial charge on any atom is -0.0737 e. The highest BCUT2D eigenvalue weighted by molar-refractivity contribution is 6.97. The van der Waals surface area contributed by atoms with Crippen molar-refractivity contribution in [3.05, 3.63) is 53.1 Å². The summed E-state index contributed by atoms with van der Waals surface area (Å²) in [5, 5.41) is 1.82. The first-order valence-corrected chi connectivity index (χ1v) is 10.8. The predicted octanol–water partition coefficient (Wildman–Crippen LogP) is 6.22. The van der Waals surface area contributed by atoms with Crippen LogP contribution < -0.4 is 5.19 Å². The fourth-order valence-electron chi connectivity index (χ4n) is 5.31. The molecule has 0 saturated heterocycles. The maximum atomic E-state index is 2.59. The summed E-state index contributed by atoms with van der Waals surface area (Å²) < 4.78 is 0. The molecule has 120 valence electrons. The van der Waals surface area contributed by atoms with Crippen molar-refractivity contribution in [2.45, 2.75) is 71.5 Å². The van der Waals surface area contributed by atoms with Gasteiger partial charge in [0.15, 0.2) is 0 Å². The zero-order valence-corrected chi connectivity index (χ0v) is 16.6. The lowest BCUT2D eigenvalue weighted by molar-refractivity contribution is 0.760.